The Kier molecular flexibility index (Phi) is 4.51. The van der Waals surface area contributed by atoms with Crippen LogP contribution in [0.3, 0.4) is 0 Å². The first-order valence-corrected chi connectivity index (χ1v) is 5.11. The molecule has 4 nitrogen and oxygen atoms in total. The first-order chi connectivity index (χ1) is 7.59. The van der Waals surface area contributed by atoms with E-state index in [0.29, 0.717) is 12.8 Å². The summed E-state index contributed by atoms with van der Waals surface area (Å²) in [5, 5.41) is 13.1. The lowest BCUT2D eigenvalue weighted by molar-refractivity contribution is -0.308. The molecular weight excluding hydrogens is 206 g/mol. The number of carboxylic acid groups (broad SMARTS) is 1. The van der Waals surface area contributed by atoms with Gasteiger partial charge in [0, 0.05) is 6.92 Å². The molecule has 0 aliphatic heterocycles. The summed E-state index contributed by atoms with van der Waals surface area (Å²) < 4.78 is 0. The molecule has 0 heterocycles. The molecule has 0 aliphatic rings. The summed E-state index contributed by atoms with van der Waals surface area (Å²) in [7, 11) is 0. The van der Waals surface area contributed by atoms with Crippen LogP contribution in [0.15, 0.2) is 30.3 Å². The van der Waals surface area contributed by atoms with E-state index in [2.05, 4.69) is 5.32 Å². The Morgan fingerprint density at radius 2 is 1.94 bits per heavy atom. The average molecular weight is 220 g/mol. The number of carbonyl (C=O) groups excluding carboxylic acids is 2. The van der Waals surface area contributed by atoms with Crippen LogP contribution in [0.1, 0.15) is 18.9 Å². The third-order valence-corrected chi connectivity index (χ3v) is 2.23. The van der Waals surface area contributed by atoms with E-state index in [1.54, 1.807) is 0 Å². The van der Waals surface area contributed by atoms with E-state index in [-0.39, 0.29) is 5.91 Å². The van der Waals surface area contributed by atoms with Crippen molar-refractivity contribution in [1.29, 1.82) is 0 Å². The topological polar surface area (TPSA) is 69.2 Å². The second kappa shape index (κ2) is 5.90. The van der Waals surface area contributed by atoms with Crippen molar-refractivity contribution in [3.05, 3.63) is 35.9 Å². The molecule has 0 spiro atoms. The van der Waals surface area contributed by atoms with E-state index in [4.69, 9.17) is 0 Å². The number of amides is 1. The number of rotatable bonds is 5. The number of carboxylic acids is 1. The third kappa shape index (κ3) is 4.13. The van der Waals surface area contributed by atoms with Crippen LogP contribution in [0.25, 0.3) is 0 Å². The smallest absolute Gasteiger partial charge is 0.217 e. The van der Waals surface area contributed by atoms with E-state index in [1.807, 2.05) is 30.3 Å². The van der Waals surface area contributed by atoms with Gasteiger partial charge in [0.2, 0.25) is 5.91 Å². The van der Waals surface area contributed by atoms with Crippen LogP contribution < -0.4 is 10.4 Å². The molecule has 0 unspecified atom stereocenters. The van der Waals surface area contributed by atoms with Crippen molar-refractivity contribution in [2.75, 3.05) is 0 Å². The van der Waals surface area contributed by atoms with Crippen LogP contribution in [0.4, 0.5) is 0 Å². The zero-order valence-corrected chi connectivity index (χ0v) is 9.10. The van der Waals surface area contributed by atoms with Crippen LogP contribution >= 0.6 is 0 Å². The fraction of sp³-hybridized carbons (Fsp3) is 0.333. The summed E-state index contributed by atoms with van der Waals surface area (Å²) in [5.74, 6) is -1.60. The second-order valence-electron chi connectivity index (χ2n) is 3.60. The Bertz CT molecular complexity index is 362. The van der Waals surface area contributed by atoms with Gasteiger partial charge >= 0.3 is 0 Å². The number of hydrogen-bond acceptors (Lipinski definition) is 3. The van der Waals surface area contributed by atoms with Crippen LogP contribution in [0, 0.1) is 0 Å². The summed E-state index contributed by atoms with van der Waals surface area (Å²) in [6.07, 6.45) is 0.936. The summed E-state index contributed by atoms with van der Waals surface area (Å²) in [5.41, 5.74) is 1.04. The maximum absolute atomic E-state index is 10.8. The van der Waals surface area contributed by atoms with Gasteiger partial charge in [0.05, 0.1) is 12.0 Å². The van der Waals surface area contributed by atoms with Crippen LogP contribution in [-0.4, -0.2) is 17.9 Å². The molecule has 86 valence electrons. The molecule has 1 aromatic carbocycles. The quantitative estimate of drug-likeness (QED) is 0.751. The zero-order valence-electron chi connectivity index (χ0n) is 9.10. The Labute approximate surface area is 94.3 Å². The van der Waals surface area contributed by atoms with Gasteiger partial charge in [-0.05, 0) is 18.4 Å². The first-order valence-electron chi connectivity index (χ1n) is 5.11. The molecule has 0 saturated carbocycles. The molecule has 0 aliphatic carbocycles. The number of benzene rings is 1. The Hall–Kier alpha value is -1.84. The molecule has 1 rings (SSSR count). The Balaban J connectivity index is 2.50. The summed E-state index contributed by atoms with van der Waals surface area (Å²) in [6.45, 7) is 1.29. The minimum absolute atomic E-state index is 0.339. The van der Waals surface area contributed by atoms with Gasteiger partial charge in [-0.1, -0.05) is 30.3 Å². The molecule has 1 amide bonds. The Morgan fingerprint density at radius 3 is 2.44 bits per heavy atom. The molecule has 1 aromatic rings. The lowest BCUT2D eigenvalue weighted by atomic mass is 10.1. The third-order valence-electron chi connectivity index (χ3n) is 2.23. The molecule has 16 heavy (non-hydrogen) atoms. The van der Waals surface area contributed by atoms with Gasteiger partial charge < -0.3 is 15.2 Å². The van der Waals surface area contributed by atoms with Crippen molar-refractivity contribution in [2.24, 2.45) is 0 Å². The monoisotopic (exact) mass is 220 g/mol. The molecular formula is C12H14NO3-. The highest BCUT2D eigenvalue weighted by Gasteiger charge is 2.10. The molecule has 1 atom stereocenters. The molecule has 0 bridgehead atoms. The van der Waals surface area contributed by atoms with Crippen LogP contribution in [0.5, 0.6) is 0 Å². The van der Waals surface area contributed by atoms with Gasteiger partial charge in [0.25, 0.3) is 0 Å². The summed E-state index contributed by atoms with van der Waals surface area (Å²) in [6, 6.07) is 8.59. The predicted molar refractivity (Wildman–Crippen MR) is 57.4 cm³/mol. The maximum atomic E-state index is 10.8. The number of aliphatic carboxylic acids is 1. The molecule has 0 fully saturated rings. The molecule has 0 saturated heterocycles. The minimum Gasteiger partial charge on any atom is -0.548 e. The number of nitrogens with one attached hydrogen (secondary N) is 1. The number of aryl methyl sites for hydroxylation is 1. The van der Waals surface area contributed by atoms with Crippen molar-refractivity contribution >= 4 is 11.9 Å². The fourth-order valence-electron chi connectivity index (χ4n) is 1.45. The standard InChI is InChI=1S/C12H15NO3/c1-9(14)13-11(12(15)16)8-7-10-5-3-2-4-6-10/h2-6,11H,7-8H2,1H3,(H,13,14)(H,15,16)/p-1/t11-/m1/s1. The molecule has 0 aromatic heterocycles. The highest BCUT2D eigenvalue weighted by atomic mass is 16.4. The van der Waals surface area contributed by atoms with Crippen molar-refractivity contribution in [3.63, 3.8) is 0 Å². The highest BCUT2D eigenvalue weighted by Crippen LogP contribution is 2.04. The van der Waals surface area contributed by atoms with E-state index in [0.717, 1.165) is 5.56 Å². The summed E-state index contributed by atoms with van der Waals surface area (Å²) in [4.78, 5) is 21.5. The van der Waals surface area contributed by atoms with Gasteiger partial charge in [0.15, 0.2) is 0 Å². The van der Waals surface area contributed by atoms with Crippen molar-refractivity contribution in [1.82, 2.24) is 5.32 Å². The van der Waals surface area contributed by atoms with Crippen molar-refractivity contribution in [3.8, 4) is 0 Å². The van der Waals surface area contributed by atoms with Gasteiger partial charge in [0.1, 0.15) is 0 Å². The van der Waals surface area contributed by atoms with Gasteiger partial charge in [-0.2, -0.15) is 0 Å². The molecule has 0 radical (unpaired) electrons. The van der Waals surface area contributed by atoms with E-state index in [1.165, 1.54) is 6.92 Å². The van der Waals surface area contributed by atoms with Gasteiger partial charge in [-0.3, -0.25) is 4.79 Å². The lowest BCUT2D eigenvalue weighted by Crippen LogP contribution is -2.47. The SMILES string of the molecule is CC(=O)N[C@H](CCc1ccccc1)C(=O)[O-]. The average Bonchev–Trinajstić information content (AvgIpc) is 2.25. The number of carbonyl (C=O) groups is 2. The highest BCUT2D eigenvalue weighted by molar-refractivity contribution is 5.80. The number of hydrogen-bond donors (Lipinski definition) is 1. The summed E-state index contributed by atoms with van der Waals surface area (Å²) >= 11 is 0. The normalized spacial score (nSPS) is 11.8. The largest absolute Gasteiger partial charge is 0.548 e. The van der Waals surface area contributed by atoms with Crippen LogP contribution in [0.2, 0.25) is 0 Å². The van der Waals surface area contributed by atoms with Gasteiger partial charge in [-0.25, -0.2) is 0 Å². The van der Waals surface area contributed by atoms with Crippen LogP contribution in [-0.2, 0) is 16.0 Å². The molecule has 1 N–H and O–H groups in total. The van der Waals surface area contributed by atoms with Crippen molar-refractivity contribution < 1.29 is 14.7 Å². The van der Waals surface area contributed by atoms with E-state index < -0.39 is 12.0 Å². The van der Waals surface area contributed by atoms with E-state index >= 15 is 0 Å². The van der Waals surface area contributed by atoms with Crippen molar-refractivity contribution in [2.45, 2.75) is 25.8 Å². The minimum atomic E-state index is -1.24. The van der Waals surface area contributed by atoms with E-state index in [9.17, 15) is 14.7 Å². The lowest BCUT2D eigenvalue weighted by Gasteiger charge is -2.18. The molecule has 4 heteroatoms. The first kappa shape index (κ1) is 12.2. The second-order valence-corrected chi connectivity index (χ2v) is 3.60. The fourth-order valence-corrected chi connectivity index (χ4v) is 1.45. The Morgan fingerprint density at radius 1 is 1.31 bits per heavy atom. The zero-order chi connectivity index (χ0) is 12.0. The van der Waals surface area contributed by atoms with Gasteiger partial charge in [-0.15, -0.1) is 0 Å². The predicted octanol–water partition coefficient (Wildman–Crippen LogP) is -0.126. The maximum Gasteiger partial charge on any atom is 0.217 e.